The Labute approximate surface area is 201 Å². The summed E-state index contributed by atoms with van der Waals surface area (Å²) in [5.41, 5.74) is 5.83. The number of nitrogens with one attached hydrogen (secondary N) is 3. The average Bonchev–Trinajstić information content (AvgIpc) is 2.72. The van der Waals surface area contributed by atoms with E-state index in [4.69, 9.17) is 15.9 Å². The lowest BCUT2D eigenvalue weighted by atomic mass is 10.0. The van der Waals surface area contributed by atoms with Gasteiger partial charge in [0.25, 0.3) is 0 Å². The zero-order valence-corrected chi connectivity index (χ0v) is 20.2. The fourth-order valence-corrected chi connectivity index (χ4v) is 3.30. The number of rotatable bonds is 17. The minimum absolute atomic E-state index is 0.0577. The number of carbonyl (C=O) groups is 6. The van der Waals surface area contributed by atoms with Crippen LogP contribution in [0.4, 0.5) is 0 Å². The highest BCUT2D eigenvalue weighted by atomic mass is 32.2. The summed E-state index contributed by atoms with van der Waals surface area (Å²) in [7, 11) is 0. The molecule has 4 unspecified atom stereocenters. The van der Waals surface area contributed by atoms with Crippen LogP contribution in [0, 0.1) is 5.92 Å². The second-order valence-electron chi connectivity index (χ2n) is 8.07. The summed E-state index contributed by atoms with van der Waals surface area (Å²) in [4.78, 5) is 71.1. The van der Waals surface area contributed by atoms with Gasteiger partial charge in [0.05, 0.1) is 12.5 Å². The lowest BCUT2D eigenvalue weighted by Crippen LogP contribution is -2.57. The average molecular weight is 507 g/mol. The van der Waals surface area contributed by atoms with Crippen molar-refractivity contribution in [1.82, 2.24) is 16.0 Å². The Bertz CT molecular complexity index is 748. The number of carbonyl (C=O) groups excluding carboxylic acids is 3. The van der Waals surface area contributed by atoms with Gasteiger partial charge in [0.2, 0.25) is 17.7 Å². The number of nitrogens with two attached hydrogens (primary N) is 1. The van der Waals surface area contributed by atoms with Gasteiger partial charge >= 0.3 is 17.9 Å². The third-order valence-corrected chi connectivity index (χ3v) is 5.23. The van der Waals surface area contributed by atoms with Gasteiger partial charge in [-0.25, -0.2) is 4.79 Å². The van der Waals surface area contributed by atoms with Gasteiger partial charge in [-0.05, 0) is 37.2 Å². The Morgan fingerprint density at radius 1 is 0.794 bits per heavy atom. The third-order valence-electron chi connectivity index (χ3n) is 4.58. The normalized spacial score (nSPS) is 14.4. The van der Waals surface area contributed by atoms with E-state index in [-0.39, 0.29) is 12.3 Å². The molecule has 0 radical (unpaired) electrons. The molecule has 0 aliphatic carbocycles. The molecule has 0 aromatic rings. The molecule has 13 nitrogen and oxygen atoms in total. The SMILES string of the molecule is CSCCC(N)C(=O)NC(CC(C)C)C(=O)NC(CC(=O)O)C(=O)NC(CCC(=O)O)C(=O)O. The minimum atomic E-state index is -1.66. The molecule has 0 fully saturated rings. The number of aliphatic carboxylic acids is 3. The summed E-state index contributed by atoms with van der Waals surface area (Å²) in [6, 6.07) is -5.23. The molecule has 14 heteroatoms. The smallest absolute Gasteiger partial charge is 0.326 e. The van der Waals surface area contributed by atoms with Crippen LogP contribution < -0.4 is 21.7 Å². The molecule has 0 heterocycles. The van der Waals surface area contributed by atoms with Crippen molar-refractivity contribution in [1.29, 1.82) is 0 Å². The molecule has 8 N–H and O–H groups in total. The summed E-state index contributed by atoms with van der Waals surface area (Å²) in [6.07, 6.45) is 0.545. The second-order valence-corrected chi connectivity index (χ2v) is 9.06. The van der Waals surface area contributed by atoms with Gasteiger partial charge in [0.1, 0.15) is 18.1 Å². The Kier molecular flexibility index (Phi) is 14.5. The maximum atomic E-state index is 12.8. The lowest BCUT2D eigenvalue weighted by molar-refractivity contribution is -0.144. The largest absolute Gasteiger partial charge is 0.481 e. The van der Waals surface area contributed by atoms with Crippen molar-refractivity contribution < 1.29 is 44.1 Å². The maximum Gasteiger partial charge on any atom is 0.326 e. The van der Waals surface area contributed by atoms with Crippen molar-refractivity contribution in [2.24, 2.45) is 11.7 Å². The Hall–Kier alpha value is -2.87. The van der Waals surface area contributed by atoms with Crippen LogP contribution in [-0.4, -0.2) is 87.1 Å². The molecule has 4 atom stereocenters. The van der Waals surface area contributed by atoms with Crippen LogP contribution in [0.15, 0.2) is 0 Å². The van der Waals surface area contributed by atoms with Crippen LogP contribution >= 0.6 is 11.8 Å². The topological polar surface area (TPSA) is 225 Å². The molecule has 0 aliphatic rings. The number of hydrogen-bond acceptors (Lipinski definition) is 8. The van der Waals surface area contributed by atoms with Crippen molar-refractivity contribution >= 4 is 47.4 Å². The van der Waals surface area contributed by atoms with E-state index in [9.17, 15) is 33.9 Å². The quantitative estimate of drug-likeness (QED) is 0.126. The first-order chi connectivity index (χ1) is 15.8. The standard InChI is InChI=1S/C20H34N4O9S/c1-10(2)8-13(23-17(29)11(21)6-7-34-3)18(30)24-14(9-16(27)28)19(31)22-12(20(32)33)4-5-15(25)26/h10-14H,4-9,21H2,1-3H3,(H,22,31)(H,23,29)(H,24,30)(H,25,26)(H,27,28)(H,32,33). The first-order valence-corrected chi connectivity index (χ1v) is 12.0. The first kappa shape index (κ1) is 31.1. The highest BCUT2D eigenvalue weighted by Gasteiger charge is 2.32. The number of carboxylic acid groups (broad SMARTS) is 3. The van der Waals surface area contributed by atoms with Crippen molar-refractivity contribution in [3.8, 4) is 0 Å². The van der Waals surface area contributed by atoms with Crippen LogP contribution in [0.2, 0.25) is 0 Å². The summed E-state index contributed by atoms with van der Waals surface area (Å²) in [6.45, 7) is 3.59. The molecule has 0 aromatic heterocycles. The summed E-state index contributed by atoms with van der Waals surface area (Å²) in [5, 5.41) is 33.9. The lowest BCUT2D eigenvalue weighted by Gasteiger charge is -2.25. The van der Waals surface area contributed by atoms with E-state index in [0.29, 0.717) is 12.2 Å². The summed E-state index contributed by atoms with van der Waals surface area (Å²) in [5.74, 6) is -6.19. The zero-order chi connectivity index (χ0) is 26.4. The van der Waals surface area contributed by atoms with E-state index < -0.39 is 79.1 Å². The van der Waals surface area contributed by atoms with Crippen molar-refractivity contribution in [3.05, 3.63) is 0 Å². The van der Waals surface area contributed by atoms with E-state index in [1.165, 1.54) is 11.8 Å². The van der Waals surface area contributed by atoms with Crippen molar-refractivity contribution in [2.75, 3.05) is 12.0 Å². The number of carboxylic acids is 3. The molecule has 0 aliphatic heterocycles. The molecule has 194 valence electrons. The van der Waals surface area contributed by atoms with E-state index in [0.717, 1.165) is 0 Å². The van der Waals surface area contributed by atoms with E-state index in [1.807, 2.05) is 6.26 Å². The number of amides is 3. The molecule has 3 amide bonds. The molecule has 0 rings (SSSR count). The highest BCUT2D eigenvalue weighted by molar-refractivity contribution is 7.98. The molecule has 0 saturated carbocycles. The van der Waals surface area contributed by atoms with E-state index in [2.05, 4.69) is 16.0 Å². The summed E-state index contributed by atoms with van der Waals surface area (Å²) >= 11 is 1.50. The van der Waals surface area contributed by atoms with Gasteiger partial charge < -0.3 is 37.0 Å². The second kappa shape index (κ2) is 15.9. The van der Waals surface area contributed by atoms with E-state index >= 15 is 0 Å². The monoisotopic (exact) mass is 506 g/mol. The number of thioether (sulfide) groups is 1. The molecule has 0 aromatic carbocycles. The Morgan fingerprint density at radius 2 is 1.32 bits per heavy atom. The van der Waals surface area contributed by atoms with Crippen LogP contribution in [0.25, 0.3) is 0 Å². The van der Waals surface area contributed by atoms with Gasteiger partial charge in [-0.15, -0.1) is 0 Å². The first-order valence-electron chi connectivity index (χ1n) is 10.6. The predicted octanol–water partition coefficient (Wildman–Crippen LogP) is -1.01. The van der Waals surface area contributed by atoms with Crippen LogP contribution in [0.1, 0.15) is 46.0 Å². The van der Waals surface area contributed by atoms with Crippen LogP contribution in [0.3, 0.4) is 0 Å². The molecule has 0 saturated heterocycles. The minimum Gasteiger partial charge on any atom is -0.481 e. The van der Waals surface area contributed by atoms with Gasteiger partial charge in [-0.1, -0.05) is 13.8 Å². The van der Waals surface area contributed by atoms with Gasteiger partial charge in [0, 0.05) is 6.42 Å². The molecule has 34 heavy (non-hydrogen) atoms. The van der Waals surface area contributed by atoms with Gasteiger partial charge in [-0.2, -0.15) is 11.8 Å². The van der Waals surface area contributed by atoms with Gasteiger partial charge in [0.15, 0.2) is 0 Å². The van der Waals surface area contributed by atoms with Crippen molar-refractivity contribution in [3.63, 3.8) is 0 Å². The molecular weight excluding hydrogens is 472 g/mol. The Balaban J connectivity index is 5.48. The highest BCUT2D eigenvalue weighted by Crippen LogP contribution is 2.08. The maximum absolute atomic E-state index is 12.8. The van der Waals surface area contributed by atoms with Crippen LogP contribution in [-0.2, 0) is 28.8 Å². The Morgan fingerprint density at radius 3 is 1.79 bits per heavy atom. The van der Waals surface area contributed by atoms with Crippen LogP contribution in [0.5, 0.6) is 0 Å². The predicted molar refractivity (Wildman–Crippen MR) is 123 cm³/mol. The zero-order valence-electron chi connectivity index (χ0n) is 19.4. The molecular formula is C20H34N4O9S. The third kappa shape index (κ3) is 13.0. The molecule has 0 bridgehead atoms. The fourth-order valence-electron chi connectivity index (χ4n) is 2.81. The fraction of sp³-hybridized carbons (Fsp3) is 0.700. The van der Waals surface area contributed by atoms with Crippen molar-refractivity contribution in [2.45, 2.75) is 70.1 Å². The number of hydrogen-bond donors (Lipinski definition) is 7. The van der Waals surface area contributed by atoms with E-state index in [1.54, 1.807) is 13.8 Å². The summed E-state index contributed by atoms with van der Waals surface area (Å²) < 4.78 is 0. The van der Waals surface area contributed by atoms with Gasteiger partial charge in [-0.3, -0.25) is 24.0 Å². The molecule has 0 spiro atoms.